The Hall–Kier alpha value is -2.93. The number of halogens is 1. The number of amides is 1. The van der Waals surface area contributed by atoms with Crippen LogP contribution in [0.3, 0.4) is 0 Å². The number of nitro benzene ring substituents is 1. The summed E-state index contributed by atoms with van der Waals surface area (Å²) in [6.07, 6.45) is 0. The van der Waals surface area contributed by atoms with Crippen molar-refractivity contribution in [3.8, 4) is 0 Å². The van der Waals surface area contributed by atoms with Crippen molar-refractivity contribution >= 4 is 34.9 Å². The first-order valence-corrected chi connectivity index (χ1v) is 7.23. The molecule has 0 aliphatic heterocycles. The minimum Gasteiger partial charge on any atom is -0.452 e. The number of rotatable bonds is 5. The summed E-state index contributed by atoms with van der Waals surface area (Å²) >= 11 is 5.84. The molecule has 1 N–H and O–H groups in total. The largest absolute Gasteiger partial charge is 0.452 e. The van der Waals surface area contributed by atoms with Crippen LogP contribution >= 0.6 is 11.6 Å². The van der Waals surface area contributed by atoms with Gasteiger partial charge in [-0.3, -0.25) is 14.9 Å². The highest BCUT2D eigenvalue weighted by molar-refractivity contribution is 6.33. The van der Waals surface area contributed by atoms with Crippen molar-refractivity contribution in [1.82, 2.24) is 0 Å². The molecule has 1 amide bonds. The number of non-ortho nitro benzene ring substituents is 1. The number of anilines is 1. The molecule has 124 valence electrons. The zero-order valence-electron chi connectivity index (χ0n) is 12.6. The number of esters is 1. The summed E-state index contributed by atoms with van der Waals surface area (Å²) in [4.78, 5) is 33.9. The number of para-hydroxylation sites is 1. The molecule has 0 heterocycles. The number of nitro groups is 1. The van der Waals surface area contributed by atoms with Gasteiger partial charge in [-0.2, -0.15) is 0 Å². The second-order valence-electron chi connectivity index (χ2n) is 4.86. The Morgan fingerprint density at radius 1 is 1.25 bits per heavy atom. The van der Waals surface area contributed by atoms with Crippen molar-refractivity contribution in [3.05, 3.63) is 68.7 Å². The van der Waals surface area contributed by atoms with Crippen LogP contribution in [0.15, 0.2) is 42.5 Å². The Morgan fingerprint density at radius 3 is 2.62 bits per heavy atom. The van der Waals surface area contributed by atoms with Crippen molar-refractivity contribution < 1.29 is 19.2 Å². The second-order valence-corrected chi connectivity index (χ2v) is 5.27. The van der Waals surface area contributed by atoms with E-state index in [1.807, 2.05) is 19.1 Å². The third kappa shape index (κ3) is 4.30. The van der Waals surface area contributed by atoms with Gasteiger partial charge in [-0.05, 0) is 24.6 Å². The fourth-order valence-corrected chi connectivity index (χ4v) is 2.09. The molecule has 0 saturated heterocycles. The molecule has 8 heteroatoms. The standard InChI is InChI=1S/C16H13ClN2O5/c1-10-4-2-3-5-14(10)18-15(20)9-24-16(21)12-8-11(19(22)23)6-7-13(12)17/h2-8H,9H2,1H3,(H,18,20). The van der Waals surface area contributed by atoms with E-state index < -0.39 is 23.4 Å². The topological polar surface area (TPSA) is 98.5 Å². The molecule has 0 saturated carbocycles. The fourth-order valence-electron chi connectivity index (χ4n) is 1.89. The van der Waals surface area contributed by atoms with Gasteiger partial charge in [-0.1, -0.05) is 29.8 Å². The van der Waals surface area contributed by atoms with E-state index in [0.29, 0.717) is 5.69 Å². The van der Waals surface area contributed by atoms with Gasteiger partial charge < -0.3 is 10.1 Å². The van der Waals surface area contributed by atoms with Crippen molar-refractivity contribution in [3.63, 3.8) is 0 Å². The molecule has 2 aromatic carbocycles. The van der Waals surface area contributed by atoms with E-state index in [0.717, 1.165) is 11.6 Å². The number of ether oxygens (including phenoxy) is 1. The monoisotopic (exact) mass is 348 g/mol. The van der Waals surface area contributed by atoms with Crippen LogP contribution in [0.4, 0.5) is 11.4 Å². The van der Waals surface area contributed by atoms with Crippen molar-refractivity contribution in [2.24, 2.45) is 0 Å². The number of hydrogen-bond donors (Lipinski definition) is 1. The SMILES string of the molecule is Cc1ccccc1NC(=O)COC(=O)c1cc([N+](=O)[O-])ccc1Cl. The van der Waals surface area contributed by atoms with Crippen LogP contribution in [-0.4, -0.2) is 23.4 Å². The highest BCUT2D eigenvalue weighted by Crippen LogP contribution is 2.22. The Labute approximate surface area is 142 Å². The number of hydrogen-bond acceptors (Lipinski definition) is 5. The first-order valence-electron chi connectivity index (χ1n) is 6.85. The Balaban J connectivity index is 2.00. The van der Waals surface area contributed by atoms with Crippen LogP contribution in [0.5, 0.6) is 0 Å². The summed E-state index contributed by atoms with van der Waals surface area (Å²) in [5.41, 5.74) is 0.996. The molecular formula is C16H13ClN2O5. The maximum absolute atomic E-state index is 12.0. The maximum atomic E-state index is 12.0. The molecule has 0 aliphatic rings. The number of nitrogens with one attached hydrogen (secondary N) is 1. The molecule has 2 aromatic rings. The Bertz CT molecular complexity index is 807. The van der Waals surface area contributed by atoms with Gasteiger partial charge in [0.1, 0.15) is 0 Å². The number of nitrogens with zero attached hydrogens (tertiary/aromatic N) is 1. The fraction of sp³-hybridized carbons (Fsp3) is 0.125. The van der Waals surface area contributed by atoms with Gasteiger partial charge in [0.15, 0.2) is 6.61 Å². The average Bonchev–Trinajstić information content (AvgIpc) is 2.55. The van der Waals surface area contributed by atoms with Crippen LogP contribution < -0.4 is 5.32 Å². The predicted molar refractivity (Wildman–Crippen MR) is 88.2 cm³/mol. The predicted octanol–water partition coefficient (Wildman–Crippen LogP) is 3.35. The van der Waals surface area contributed by atoms with Gasteiger partial charge in [0.05, 0.1) is 15.5 Å². The lowest BCUT2D eigenvalue weighted by atomic mass is 10.2. The average molecular weight is 349 g/mol. The summed E-state index contributed by atoms with van der Waals surface area (Å²) < 4.78 is 4.86. The van der Waals surface area contributed by atoms with Crippen LogP contribution in [0.1, 0.15) is 15.9 Å². The minimum atomic E-state index is -0.913. The van der Waals surface area contributed by atoms with Crippen molar-refractivity contribution in [1.29, 1.82) is 0 Å². The minimum absolute atomic E-state index is 0.00455. The molecule has 0 spiro atoms. The van der Waals surface area contributed by atoms with Gasteiger partial charge in [-0.15, -0.1) is 0 Å². The van der Waals surface area contributed by atoms with E-state index >= 15 is 0 Å². The normalized spacial score (nSPS) is 10.1. The Kier molecular flexibility index (Phi) is 5.49. The summed E-state index contributed by atoms with van der Waals surface area (Å²) in [5, 5.41) is 13.3. The second kappa shape index (κ2) is 7.56. The van der Waals surface area contributed by atoms with Gasteiger partial charge in [0.2, 0.25) is 0 Å². The van der Waals surface area contributed by atoms with Gasteiger partial charge >= 0.3 is 5.97 Å². The highest BCUT2D eigenvalue weighted by atomic mass is 35.5. The molecule has 24 heavy (non-hydrogen) atoms. The zero-order chi connectivity index (χ0) is 17.7. The van der Waals surface area contributed by atoms with Gasteiger partial charge in [0, 0.05) is 17.8 Å². The lowest BCUT2D eigenvalue weighted by Crippen LogP contribution is -2.21. The quantitative estimate of drug-likeness (QED) is 0.507. The number of carbonyl (C=O) groups excluding carboxylic acids is 2. The molecule has 0 fully saturated rings. The van der Waals surface area contributed by atoms with Crippen LogP contribution in [-0.2, 0) is 9.53 Å². The summed E-state index contributed by atoms with van der Waals surface area (Å²) in [5.74, 6) is -1.44. The smallest absolute Gasteiger partial charge is 0.340 e. The van der Waals surface area contributed by atoms with Crippen LogP contribution in [0.2, 0.25) is 5.02 Å². The molecule has 0 aliphatic carbocycles. The molecule has 0 unspecified atom stereocenters. The number of benzene rings is 2. The van der Waals surface area contributed by atoms with E-state index in [1.165, 1.54) is 12.1 Å². The van der Waals surface area contributed by atoms with Crippen molar-refractivity contribution in [2.45, 2.75) is 6.92 Å². The third-order valence-electron chi connectivity index (χ3n) is 3.13. The lowest BCUT2D eigenvalue weighted by molar-refractivity contribution is -0.384. The van der Waals surface area contributed by atoms with E-state index in [2.05, 4.69) is 5.32 Å². The molecule has 0 bridgehead atoms. The Morgan fingerprint density at radius 2 is 1.96 bits per heavy atom. The molecule has 0 atom stereocenters. The van der Waals surface area contributed by atoms with Crippen LogP contribution in [0.25, 0.3) is 0 Å². The summed E-state index contributed by atoms with van der Waals surface area (Å²) in [6, 6.07) is 10.5. The highest BCUT2D eigenvalue weighted by Gasteiger charge is 2.18. The van der Waals surface area contributed by atoms with E-state index in [4.69, 9.17) is 16.3 Å². The summed E-state index contributed by atoms with van der Waals surface area (Å²) in [6.45, 7) is 1.29. The first-order chi connectivity index (χ1) is 11.4. The van der Waals surface area contributed by atoms with E-state index in [1.54, 1.807) is 12.1 Å². The van der Waals surface area contributed by atoms with E-state index in [-0.39, 0.29) is 16.3 Å². The van der Waals surface area contributed by atoms with Crippen LogP contribution in [0, 0.1) is 17.0 Å². The number of aryl methyl sites for hydroxylation is 1. The molecule has 0 radical (unpaired) electrons. The van der Waals surface area contributed by atoms with E-state index in [9.17, 15) is 19.7 Å². The maximum Gasteiger partial charge on any atom is 0.340 e. The lowest BCUT2D eigenvalue weighted by Gasteiger charge is -2.09. The molecular weight excluding hydrogens is 336 g/mol. The number of carbonyl (C=O) groups is 2. The van der Waals surface area contributed by atoms with Gasteiger partial charge in [0.25, 0.3) is 11.6 Å². The first kappa shape index (κ1) is 17.4. The molecule has 7 nitrogen and oxygen atoms in total. The molecule has 2 rings (SSSR count). The zero-order valence-corrected chi connectivity index (χ0v) is 13.4. The summed E-state index contributed by atoms with van der Waals surface area (Å²) in [7, 11) is 0. The van der Waals surface area contributed by atoms with Gasteiger partial charge in [-0.25, -0.2) is 4.79 Å². The van der Waals surface area contributed by atoms with Crippen molar-refractivity contribution in [2.75, 3.05) is 11.9 Å². The third-order valence-corrected chi connectivity index (χ3v) is 3.46. The molecule has 0 aromatic heterocycles.